The molecule has 5 rings (SSSR count). The van der Waals surface area contributed by atoms with Gasteiger partial charge in [0.1, 0.15) is 17.8 Å². The lowest BCUT2D eigenvalue weighted by molar-refractivity contribution is -0.141. The summed E-state index contributed by atoms with van der Waals surface area (Å²) in [6.07, 6.45) is 0.776. The van der Waals surface area contributed by atoms with Gasteiger partial charge in [-0.05, 0) is 74.4 Å². The standard InChI is InChI=1S/C33H38Cl2N4O4/c1-4-42-27-13-14-29(43-22(2)3)28(21-27)33(32(41)39-17-15-38(16-18-39)19-20-40)36-30(23-5-9-25(34)10-6-23)31(37-33)24-7-11-26(35)12-8-24/h5-14,20-22,30-31,36-37H,4,15-19H2,1-3H3. The highest BCUT2D eigenvalue weighted by molar-refractivity contribution is 6.30. The van der Waals surface area contributed by atoms with Gasteiger partial charge in [0.2, 0.25) is 0 Å². The number of piperazine rings is 1. The molecular weight excluding hydrogens is 587 g/mol. The number of hydrogen-bond acceptors (Lipinski definition) is 7. The van der Waals surface area contributed by atoms with Crippen molar-refractivity contribution in [1.29, 1.82) is 0 Å². The van der Waals surface area contributed by atoms with E-state index in [2.05, 4.69) is 15.5 Å². The first-order chi connectivity index (χ1) is 20.7. The van der Waals surface area contributed by atoms with Crippen molar-refractivity contribution in [2.45, 2.75) is 44.6 Å². The van der Waals surface area contributed by atoms with Gasteiger partial charge in [0, 0.05) is 41.8 Å². The van der Waals surface area contributed by atoms with Gasteiger partial charge in [-0.2, -0.15) is 0 Å². The number of nitrogens with zero attached hydrogens (tertiary/aromatic N) is 2. The molecule has 8 nitrogen and oxygen atoms in total. The van der Waals surface area contributed by atoms with Gasteiger partial charge in [0.05, 0.1) is 31.3 Å². The Kier molecular flexibility index (Phi) is 9.94. The van der Waals surface area contributed by atoms with E-state index in [0.717, 1.165) is 17.4 Å². The highest BCUT2D eigenvalue weighted by Gasteiger charge is 2.54. The minimum atomic E-state index is -1.38. The number of nitrogens with one attached hydrogen (secondary N) is 2. The third kappa shape index (κ3) is 6.84. The number of halogens is 2. The lowest BCUT2D eigenvalue weighted by Gasteiger charge is -2.40. The van der Waals surface area contributed by atoms with Crippen molar-refractivity contribution in [2.24, 2.45) is 0 Å². The first-order valence-electron chi connectivity index (χ1n) is 14.7. The summed E-state index contributed by atoms with van der Waals surface area (Å²) in [4.78, 5) is 30.0. The van der Waals surface area contributed by atoms with Crippen LogP contribution in [0.25, 0.3) is 0 Å². The molecule has 2 aliphatic rings. The van der Waals surface area contributed by atoms with E-state index in [9.17, 15) is 9.59 Å². The molecule has 2 N–H and O–H groups in total. The van der Waals surface area contributed by atoms with Crippen molar-refractivity contribution in [3.8, 4) is 11.5 Å². The molecule has 2 heterocycles. The van der Waals surface area contributed by atoms with Gasteiger partial charge in [0.25, 0.3) is 5.91 Å². The second-order valence-corrected chi connectivity index (χ2v) is 12.0. The third-order valence-corrected chi connectivity index (χ3v) is 8.38. The van der Waals surface area contributed by atoms with Crippen molar-refractivity contribution in [3.05, 3.63) is 93.5 Å². The average molecular weight is 626 g/mol. The van der Waals surface area contributed by atoms with Crippen LogP contribution in [-0.2, 0) is 15.3 Å². The summed E-state index contributed by atoms with van der Waals surface area (Å²) in [7, 11) is 0. The van der Waals surface area contributed by atoms with E-state index in [-0.39, 0.29) is 24.1 Å². The molecule has 43 heavy (non-hydrogen) atoms. The van der Waals surface area contributed by atoms with Gasteiger partial charge in [-0.3, -0.25) is 20.3 Å². The van der Waals surface area contributed by atoms with E-state index in [1.165, 1.54) is 0 Å². The first-order valence-corrected chi connectivity index (χ1v) is 15.4. The maximum Gasteiger partial charge on any atom is 0.262 e. The molecule has 0 aromatic heterocycles. The lowest BCUT2D eigenvalue weighted by Crippen LogP contribution is -2.62. The van der Waals surface area contributed by atoms with Crippen LogP contribution in [0.2, 0.25) is 10.0 Å². The second kappa shape index (κ2) is 13.7. The van der Waals surface area contributed by atoms with E-state index < -0.39 is 5.66 Å². The molecule has 228 valence electrons. The van der Waals surface area contributed by atoms with E-state index in [1.54, 1.807) is 0 Å². The number of carbonyl (C=O) groups excluding carboxylic acids is 2. The fourth-order valence-corrected chi connectivity index (χ4v) is 6.10. The van der Waals surface area contributed by atoms with Gasteiger partial charge < -0.3 is 19.2 Å². The summed E-state index contributed by atoms with van der Waals surface area (Å²) >= 11 is 12.6. The fraction of sp³-hybridized carbons (Fsp3) is 0.394. The number of benzene rings is 3. The molecule has 2 aliphatic heterocycles. The molecule has 0 aliphatic carbocycles. The molecule has 1 amide bonds. The summed E-state index contributed by atoms with van der Waals surface area (Å²) in [6, 6.07) is 20.3. The summed E-state index contributed by atoms with van der Waals surface area (Å²) in [5, 5.41) is 8.76. The Labute approximate surface area is 263 Å². The summed E-state index contributed by atoms with van der Waals surface area (Å²) < 4.78 is 12.2. The largest absolute Gasteiger partial charge is 0.494 e. The number of aldehydes is 1. The third-order valence-electron chi connectivity index (χ3n) is 7.88. The van der Waals surface area contributed by atoms with E-state index in [1.807, 2.05) is 92.4 Å². The number of hydrogen-bond donors (Lipinski definition) is 2. The Morgan fingerprint density at radius 2 is 1.49 bits per heavy atom. The predicted molar refractivity (Wildman–Crippen MR) is 169 cm³/mol. The minimum Gasteiger partial charge on any atom is -0.494 e. The highest BCUT2D eigenvalue weighted by atomic mass is 35.5. The maximum atomic E-state index is 14.9. The topological polar surface area (TPSA) is 83.1 Å². The minimum absolute atomic E-state index is 0.128. The average Bonchev–Trinajstić information content (AvgIpc) is 3.40. The first kappa shape index (κ1) is 31.3. The second-order valence-electron chi connectivity index (χ2n) is 11.1. The van der Waals surface area contributed by atoms with E-state index in [4.69, 9.17) is 32.7 Å². The van der Waals surface area contributed by atoms with Crippen LogP contribution < -0.4 is 20.1 Å². The molecule has 0 spiro atoms. The quantitative estimate of drug-likeness (QED) is 0.294. The smallest absolute Gasteiger partial charge is 0.262 e. The Bertz CT molecular complexity index is 1360. The zero-order chi connectivity index (χ0) is 30.6. The van der Waals surface area contributed by atoms with Crippen molar-refractivity contribution in [1.82, 2.24) is 20.4 Å². The molecule has 3 aromatic rings. The number of amides is 1. The van der Waals surface area contributed by atoms with Gasteiger partial charge in [-0.15, -0.1) is 0 Å². The molecule has 2 atom stereocenters. The van der Waals surface area contributed by atoms with Crippen LogP contribution in [0.15, 0.2) is 66.7 Å². The molecule has 2 unspecified atom stereocenters. The van der Waals surface area contributed by atoms with Crippen LogP contribution in [-0.4, -0.2) is 67.4 Å². The number of rotatable bonds is 10. The van der Waals surface area contributed by atoms with Crippen LogP contribution in [0.1, 0.15) is 49.5 Å². The fourth-order valence-electron chi connectivity index (χ4n) is 5.85. The zero-order valence-corrected chi connectivity index (χ0v) is 26.2. The predicted octanol–water partition coefficient (Wildman–Crippen LogP) is 5.35. The summed E-state index contributed by atoms with van der Waals surface area (Å²) in [5.74, 6) is 1.09. The molecular formula is C33H38Cl2N4O4. The summed E-state index contributed by atoms with van der Waals surface area (Å²) in [5.41, 5.74) is 1.20. The number of ether oxygens (including phenoxy) is 2. The van der Waals surface area contributed by atoms with Crippen molar-refractivity contribution in [2.75, 3.05) is 39.3 Å². The molecule has 2 fully saturated rings. The van der Waals surface area contributed by atoms with Gasteiger partial charge in [-0.1, -0.05) is 47.5 Å². The molecule has 2 saturated heterocycles. The molecule has 0 radical (unpaired) electrons. The number of carbonyl (C=O) groups is 2. The van der Waals surface area contributed by atoms with Crippen molar-refractivity contribution < 1.29 is 19.1 Å². The molecule has 10 heteroatoms. The monoisotopic (exact) mass is 624 g/mol. The van der Waals surface area contributed by atoms with Crippen LogP contribution >= 0.6 is 23.2 Å². The SMILES string of the molecule is CCOc1ccc(OC(C)C)c(C2(C(=O)N3CCN(CC=O)CC3)NC(c3ccc(Cl)cc3)C(c3ccc(Cl)cc3)N2)c1. The molecule has 0 saturated carbocycles. The van der Waals surface area contributed by atoms with Crippen LogP contribution in [0, 0.1) is 0 Å². The zero-order valence-electron chi connectivity index (χ0n) is 24.7. The van der Waals surface area contributed by atoms with Crippen molar-refractivity contribution in [3.63, 3.8) is 0 Å². The van der Waals surface area contributed by atoms with Crippen LogP contribution in [0.5, 0.6) is 11.5 Å². The molecule has 3 aromatic carbocycles. The lowest BCUT2D eigenvalue weighted by atomic mass is 9.95. The van der Waals surface area contributed by atoms with Crippen LogP contribution in [0.4, 0.5) is 0 Å². The van der Waals surface area contributed by atoms with Gasteiger partial charge >= 0.3 is 0 Å². The maximum absolute atomic E-state index is 14.9. The Morgan fingerprint density at radius 1 is 0.930 bits per heavy atom. The van der Waals surface area contributed by atoms with Crippen molar-refractivity contribution >= 4 is 35.4 Å². The van der Waals surface area contributed by atoms with Gasteiger partial charge in [0.15, 0.2) is 5.66 Å². The highest BCUT2D eigenvalue weighted by Crippen LogP contribution is 2.45. The Balaban J connectivity index is 1.67. The van der Waals surface area contributed by atoms with E-state index >= 15 is 0 Å². The molecule has 0 bridgehead atoms. The Hall–Kier alpha value is -3.14. The summed E-state index contributed by atoms with van der Waals surface area (Å²) in [6.45, 7) is 8.87. The van der Waals surface area contributed by atoms with Crippen LogP contribution in [0.3, 0.4) is 0 Å². The van der Waals surface area contributed by atoms with Gasteiger partial charge in [-0.25, -0.2) is 0 Å². The van der Waals surface area contributed by atoms with E-state index in [0.29, 0.717) is 66.4 Å². The Morgan fingerprint density at radius 3 is 1.98 bits per heavy atom. The normalized spacial score (nSPS) is 22.5.